The first kappa shape index (κ1) is 21.2. The molecule has 0 spiro atoms. The maximum absolute atomic E-state index is 11.7. The highest BCUT2D eigenvalue weighted by Crippen LogP contribution is 2.07. The van der Waals surface area contributed by atoms with Crippen LogP contribution in [0.25, 0.3) is 0 Å². The topological polar surface area (TPSA) is 50.4 Å². The van der Waals surface area contributed by atoms with E-state index in [0.29, 0.717) is 12.6 Å². The van der Waals surface area contributed by atoms with Gasteiger partial charge in [-0.05, 0) is 40.2 Å². The maximum atomic E-state index is 11.7. The van der Waals surface area contributed by atoms with Gasteiger partial charge >= 0.3 is 6.09 Å². The smallest absolute Gasteiger partial charge is 0.407 e. The Morgan fingerprint density at radius 2 is 1.64 bits per heavy atom. The van der Waals surface area contributed by atoms with E-state index in [1.165, 1.54) is 38.5 Å². The molecule has 0 aliphatic rings. The van der Waals surface area contributed by atoms with Gasteiger partial charge in [0.15, 0.2) is 0 Å². The molecule has 1 amide bonds. The number of carbonyl (C=O) groups excluding carboxylic acids is 1. The molecule has 0 aromatic rings. The molecule has 0 saturated heterocycles. The number of rotatable bonds is 12. The number of nitrogens with one attached hydrogen (secondary N) is 2. The van der Waals surface area contributed by atoms with Crippen LogP contribution in [0.1, 0.15) is 86.0 Å². The Balaban J connectivity index is 3.79. The van der Waals surface area contributed by atoms with E-state index in [4.69, 9.17) is 4.74 Å². The zero-order valence-corrected chi connectivity index (χ0v) is 15.5. The molecule has 22 heavy (non-hydrogen) atoms. The lowest BCUT2D eigenvalue weighted by Gasteiger charge is -2.22. The normalized spacial score (nSPS) is 13.0. The van der Waals surface area contributed by atoms with E-state index in [-0.39, 0.29) is 6.09 Å². The molecule has 0 aliphatic carbocycles. The van der Waals surface area contributed by atoms with E-state index in [2.05, 4.69) is 24.5 Å². The molecule has 1 atom stereocenters. The molecule has 4 heteroatoms. The predicted molar refractivity (Wildman–Crippen MR) is 94.3 cm³/mol. The summed E-state index contributed by atoms with van der Waals surface area (Å²) in [6.07, 6.45) is 9.73. The highest BCUT2D eigenvalue weighted by atomic mass is 16.6. The summed E-state index contributed by atoms with van der Waals surface area (Å²) in [5.74, 6) is 0. The van der Waals surface area contributed by atoms with Crippen LogP contribution < -0.4 is 10.6 Å². The number of alkyl carbamates (subject to hydrolysis) is 1. The van der Waals surface area contributed by atoms with Crippen molar-refractivity contribution in [3.63, 3.8) is 0 Å². The molecule has 1 unspecified atom stereocenters. The second-order valence-corrected chi connectivity index (χ2v) is 7.09. The van der Waals surface area contributed by atoms with Crippen molar-refractivity contribution in [1.82, 2.24) is 10.6 Å². The SMILES string of the molecule is CCCCCCCCNC(CCC)CNC(=O)OC(C)(C)C. The van der Waals surface area contributed by atoms with Crippen LogP contribution in [0.2, 0.25) is 0 Å². The Hall–Kier alpha value is -0.770. The number of hydrogen-bond acceptors (Lipinski definition) is 3. The van der Waals surface area contributed by atoms with Gasteiger partial charge in [0.1, 0.15) is 5.60 Å². The van der Waals surface area contributed by atoms with Gasteiger partial charge < -0.3 is 15.4 Å². The van der Waals surface area contributed by atoms with Crippen LogP contribution in [-0.2, 0) is 4.74 Å². The minimum absolute atomic E-state index is 0.324. The zero-order valence-electron chi connectivity index (χ0n) is 15.5. The fourth-order valence-corrected chi connectivity index (χ4v) is 2.36. The molecule has 0 heterocycles. The van der Waals surface area contributed by atoms with Crippen LogP contribution in [0, 0.1) is 0 Å². The Kier molecular flexibility index (Phi) is 12.3. The zero-order chi connectivity index (χ0) is 16.8. The van der Waals surface area contributed by atoms with Crippen LogP contribution in [-0.4, -0.2) is 30.8 Å². The van der Waals surface area contributed by atoms with Crippen molar-refractivity contribution in [3.05, 3.63) is 0 Å². The molecule has 0 bridgehead atoms. The summed E-state index contributed by atoms with van der Waals surface area (Å²) in [6, 6.07) is 0.341. The summed E-state index contributed by atoms with van der Waals surface area (Å²) in [5.41, 5.74) is -0.434. The Bertz CT molecular complexity index is 275. The summed E-state index contributed by atoms with van der Waals surface area (Å²) in [4.78, 5) is 11.7. The third-order valence-corrected chi connectivity index (χ3v) is 3.49. The molecule has 0 radical (unpaired) electrons. The van der Waals surface area contributed by atoms with Gasteiger partial charge in [0.05, 0.1) is 0 Å². The Morgan fingerprint density at radius 3 is 2.23 bits per heavy atom. The average Bonchev–Trinajstić information content (AvgIpc) is 2.41. The third-order valence-electron chi connectivity index (χ3n) is 3.49. The molecular formula is C18H38N2O2. The minimum Gasteiger partial charge on any atom is -0.444 e. The lowest BCUT2D eigenvalue weighted by molar-refractivity contribution is 0.0521. The summed E-state index contributed by atoms with van der Waals surface area (Å²) < 4.78 is 5.27. The van der Waals surface area contributed by atoms with Crippen molar-refractivity contribution in [2.24, 2.45) is 0 Å². The second kappa shape index (κ2) is 12.7. The van der Waals surface area contributed by atoms with E-state index in [0.717, 1.165) is 19.4 Å². The average molecular weight is 315 g/mol. The van der Waals surface area contributed by atoms with Crippen LogP contribution in [0.4, 0.5) is 4.79 Å². The van der Waals surface area contributed by atoms with Gasteiger partial charge in [-0.25, -0.2) is 4.79 Å². The molecule has 0 saturated carbocycles. The van der Waals surface area contributed by atoms with Gasteiger partial charge in [0.25, 0.3) is 0 Å². The molecule has 0 aromatic heterocycles. The summed E-state index contributed by atoms with van der Waals surface area (Å²) in [6.45, 7) is 11.7. The Labute approximate surface area is 137 Å². The predicted octanol–water partition coefficient (Wildman–Crippen LogP) is 4.63. The molecular weight excluding hydrogens is 276 g/mol. The quantitative estimate of drug-likeness (QED) is 0.516. The van der Waals surface area contributed by atoms with Crippen LogP contribution >= 0.6 is 0 Å². The first-order valence-electron chi connectivity index (χ1n) is 9.09. The second-order valence-electron chi connectivity index (χ2n) is 7.09. The number of hydrogen-bond donors (Lipinski definition) is 2. The van der Waals surface area contributed by atoms with Gasteiger partial charge in [0.2, 0.25) is 0 Å². The largest absolute Gasteiger partial charge is 0.444 e. The van der Waals surface area contributed by atoms with E-state index in [9.17, 15) is 4.79 Å². The molecule has 2 N–H and O–H groups in total. The number of carbonyl (C=O) groups is 1. The first-order valence-corrected chi connectivity index (χ1v) is 9.09. The summed E-state index contributed by atoms with van der Waals surface area (Å²) in [7, 11) is 0. The fraction of sp³-hybridized carbons (Fsp3) is 0.944. The molecule has 0 aliphatic heterocycles. The number of ether oxygens (including phenoxy) is 1. The van der Waals surface area contributed by atoms with E-state index in [1.54, 1.807) is 0 Å². The van der Waals surface area contributed by atoms with Gasteiger partial charge in [-0.1, -0.05) is 52.4 Å². The summed E-state index contributed by atoms with van der Waals surface area (Å²) >= 11 is 0. The van der Waals surface area contributed by atoms with Gasteiger partial charge in [-0.15, -0.1) is 0 Å². The van der Waals surface area contributed by atoms with Crippen molar-refractivity contribution in [1.29, 1.82) is 0 Å². The van der Waals surface area contributed by atoms with Gasteiger partial charge in [0, 0.05) is 12.6 Å². The molecule has 132 valence electrons. The Morgan fingerprint density at radius 1 is 1.00 bits per heavy atom. The van der Waals surface area contributed by atoms with Crippen molar-refractivity contribution < 1.29 is 9.53 Å². The van der Waals surface area contributed by atoms with Crippen molar-refractivity contribution in [2.45, 2.75) is 97.6 Å². The van der Waals surface area contributed by atoms with Crippen LogP contribution in [0.3, 0.4) is 0 Å². The highest BCUT2D eigenvalue weighted by Gasteiger charge is 2.17. The lowest BCUT2D eigenvalue weighted by Crippen LogP contribution is -2.43. The van der Waals surface area contributed by atoms with Crippen molar-refractivity contribution in [2.75, 3.05) is 13.1 Å². The molecule has 0 fully saturated rings. The summed E-state index contributed by atoms with van der Waals surface area (Å²) in [5, 5.41) is 6.43. The molecule has 0 aromatic carbocycles. The van der Waals surface area contributed by atoms with Crippen molar-refractivity contribution in [3.8, 4) is 0 Å². The van der Waals surface area contributed by atoms with E-state index < -0.39 is 5.60 Å². The van der Waals surface area contributed by atoms with E-state index in [1.807, 2.05) is 20.8 Å². The van der Waals surface area contributed by atoms with E-state index >= 15 is 0 Å². The van der Waals surface area contributed by atoms with Crippen molar-refractivity contribution >= 4 is 6.09 Å². The highest BCUT2D eigenvalue weighted by molar-refractivity contribution is 5.67. The standard InChI is InChI=1S/C18H38N2O2/c1-6-8-9-10-11-12-14-19-16(13-7-2)15-20-17(21)22-18(3,4)5/h16,19H,6-15H2,1-5H3,(H,20,21). The van der Waals surface area contributed by atoms with Gasteiger partial charge in [-0.3, -0.25) is 0 Å². The number of amides is 1. The minimum atomic E-state index is -0.434. The molecule has 4 nitrogen and oxygen atoms in total. The molecule has 0 rings (SSSR count). The van der Waals surface area contributed by atoms with Gasteiger partial charge in [-0.2, -0.15) is 0 Å². The maximum Gasteiger partial charge on any atom is 0.407 e. The van der Waals surface area contributed by atoms with Crippen LogP contribution in [0.15, 0.2) is 0 Å². The number of unbranched alkanes of at least 4 members (excludes halogenated alkanes) is 5. The lowest BCUT2D eigenvalue weighted by atomic mass is 10.1. The monoisotopic (exact) mass is 314 g/mol. The van der Waals surface area contributed by atoms with Crippen LogP contribution in [0.5, 0.6) is 0 Å². The third kappa shape index (κ3) is 14.2. The first-order chi connectivity index (χ1) is 10.4. The fourth-order valence-electron chi connectivity index (χ4n) is 2.36.